The number of hydrogen-bond acceptors (Lipinski definition) is 4. The minimum Gasteiger partial charge on any atom is -0.342 e. The number of likely N-dealkylation sites (tertiary alicyclic amines) is 1. The lowest BCUT2D eigenvalue weighted by atomic mass is 10.1. The van der Waals surface area contributed by atoms with Gasteiger partial charge in [-0.15, -0.1) is 10.2 Å². The third kappa shape index (κ3) is 4.25. The molecular weight excluding hydrogens is 375 g/mol. The lowest BCUT2D eigenvalue weighted by Crippen LogP contribution is -2.29. The van der Waals surface area contributed by atoms with Crippen LogP contribution in [0.25, 0.3) is 5.69 Å². The Morgan fingerprint density at radius 3 is 2.43 bits per heavy atom. The Kier molecular flexibility index (Phi) is 5.71. The van der Waals surface area contributed by atoms with E-state index in [-0.39, 0.29) is 11.7 Å². The molecule has 5 nitrogen and oxygen atoms in total. The first kappa shape index (κ1) is 18.7. The van der Waals surface area contributed by atoms with Crippen LogP contribution in [0.1, 0.15) is 24.2 Å². The smallest absolute Gasteiger partial charge is 0.233 e. The molecule has 2 heterocycles. The Balaban J connectivity index is 1.60. The molecule has 4 rings (SSSR count). The van der Waals surface area contributed by atoms with Crippen LogP contribution in [0.5, 0.6) is 0 Å². The second kappa shape index (κ2) is 8.56. The Bertz CT molecular complexity index is 937. The molecule has 1 fully saturated rings. The van der Waals surface area contributed by atoms with Gasteiger partial charge in [0.2, 0.25) is 5.91 Å². The molecule has 1 aromatic heterocycles. The number of carbonyl (C=O) groups is 1. The maximum Gasteiger partial charge on any atom is 0.233 e. The summed E-state index contributed by atoms with van der Waals surface area (Å²) >= 11 is 1.38. The van der Waals surface area contributed by atoms with Gasteiger partial charge in [-0.25, -0.2) is 4.39 Å². The average molecular weight is 396 g/mol. The molecule has 0 spiro atoms. The zero-order valence-corrected chi connectivity index (χ0v) is 16.2. The van der Waals surface area contributed by atoms with Crippen molar-refractivity contribution in [3.8, 4) is 5.69 Å². The molecule has 1 amide bonds. The molecule has 0 saturated carbocycles. The largest absolute Gasteiger partial charge is 0.342 e. The fraction of sp³-hybridized carbons (Fsp3) is 0.286. The Morgan fingerprint density at radius 2 is 1.71 bits per heavy atom. The summed E-state index contributed by atoms with van der Waals surface area (Å²) in [4.78, 5) is 14.3. The molecule has 7 heteroatoms. The summed E-state index contributed by atoms with van der Waals surface area (Å²) in [5, 5.41) is 9.32. The SMILES string of the molecule is O=C(CSc1nnc(Cc2ccccc2)n1-c1ccc(F)cc1)N1CCCC1. The van der Waals surface area contributed by atoms with E-state index >= 15 is 0 Å². The highest BCUT2D eigenvalue weighted by Gasteiger charge is 2.20. The minimum absolute atomic E-state index is 0.126. The molecule has 0 aliphatic carbocycles. The summed E-state index contributed by atoms with van der Waals surface area (Å²) in [6, 6.07) is 16.3. The number of carbonyl (C=O) groups excluding carboxylic acids is 1. The second-order valence-electron chi connectivity index (χ2n) is 6.75. The number of halogens is 1. The topological polar surface area (TPSA) is 51.0 Å². The summed E-state index contributed by atoms with van der Waals surface area (Å²) in [6.07, 6.45) is 2.75. The van der Waals surface area contributed by atoms with Gasteiger partial charge in [-0.05, 0) is 42.7 Å². The lowest BCUT2D eigenvalue weighted by Gasteiger charge is -2.15. The molecule has 1 aliphatic rings. The zero-order chi connectivity index (χ0) is 19.3. The maximum atomic E-state index is 13.4. The molecule has 28 heavy (non-hydrogen) atoms. The predicted octanol–water partition coefficient (Wildman–Crippen LogP) is 3.71. The molecule has 1 aliphatic heterocycles. The van der Waals surface area contributed by atoms with Gasteiger partial charge in [-0.1, -0.05) is 42.1 Å². The van der Waals surface area contributed by atoms with E-state index in [1.165, 1.54) is 23.9 Å². The normalized spacial score (nSPS) is 13.8. The number of amides is 1. The van der Waals surface area contributed by atoms with Gasteiger partial charge in [-0.3, -0.25) is 9.36 Å². The Hall–Kier alpha value is -2.67. The van der Waals surface area contributed by atoms with E-state index in [9.17, 15) is 9.18 Å². The molecule has 0 N–H and O–H groups in total. The molecule has 0 unspecified atom stereocenters. The number of rotatable bonds is 6. The first-order chi connectivity index (χ1) is 13.7. The van der Waals surface area contributed by atoms with Crippen molar-refractivity contribution in [3.63, 3.8) is 0 Å². The highest BCUT2D eigenvalue weighted by Crippen LogP contribution is 2.24. The minimum atomic E-state index is -0.292. The average Bonchev–Trinajstić information content (AvgIpc) is 3.38. The van der Waals surface area contributed by atoms with Crippen molar-refractivity contribution >= 4 is 17.7 Å². The molecule has 0 bridgehead atoms. The standard InChI is InChI=1S/C21H21FN4OS/c22-17-8-10-18(11-9-17)26-19(14-16-6-2-1-3-7-16)23-24-21(26)28-15-20(27)25-12-4-5-13-25/h1-3,6-11H,4-5,12-15H2. The van der Waals surface area contributed by atoms with Gasteiger partial charge in [0.15, 0.2) is 5.16 Å². The number of benzene rings is 2. The number of thioether (sulfide) groups is 1. The molecule has 0 atom stereocenters. The molecule has 0 radical (unpaired) electrons. The van der Waals surface area contributed by atoms with E-state index < -0.39 is 0 Å². The Morgan fingerprint density at radius 1 is 1.00 bits per heavy atom. The van der Waals surface area contributed by atoms with Gasteiger partial charge < -0.3 is 4.90 Å². The van der Waals surface area contributed by atoms with Gasteiger partial charge in [0.1, 0.15) is 11.6 Å². The van der Waals surface area contributed by atoms with Crippen molar-refractivity contribution < 1.29 is 9.18 Å². The van der Waals surface area contributed by atoms with E-state index in [1.54, 1.807) is 12.1 Å². The summed E-state index contributed by atoms with van der Waals surface area (Å²) in [5.41, 5.74) is 1.90. The fourth-order valence-electron chi connectivity index (χ4n) is 3.32. The van der Waals surface area contributed by atoms with E-state index in [0.717, 1.165) is 43.0 Å². The summed E-state index contributed by atoms with van der Waals surface area (Å²) < 4.78 is 15.3. The first-order valence-electron chi connectivity index (χ1n) is 9.35. The van der Waals surface area contributed by atoms with Gasteiger partial charge in [0, 0.05) is 25.2 Å². The second-order valence-corrected chi connectivity index (χ2v) is 7.69. The van der Waals surface area contributed by atoms with E-state index in [1.807, 2.05) is 39.8 Å². The number of aromatic nitrogens is 3. The zero-order valence-electron chi connectivity index (χ0n) is 15.4. The Labute approximate surface area is 167 Å². The van der Waals surface area contributed by atoms with Crippen molar-refractivity contribution in [2.24, 2.45) is 0 Å². The van der Waals surface area contributed by atoms with Gasteiger partial charge in [0.25, 0.3) is 0 Å². The maximum absolute atomic E-state index is 13.4. The number of nitrogens with zero attached hydrogens (tertiary/aromatic N) is 4. The van der Waals surface area contributed by atoms with Crippen molar-refractivity contribution in [3.05, 3.63) is 71.8 Å². The van der Waals surface area contributed by atoms with Crippen LogP contribution in [0.3, 0.4) is 0 Å². The molecule has 144 valence electrons. The van der Waals surface area contributed by atoms with Crippen LogP contribution < -0.4 is 0 Å². The van der Waals surface area contributed by atoms with Gasteiger partial charge in [0.05, 0.1) is 5.75 Å². The predicted molar refractivity (Wildman–Crippen MR) is 107 cm³/mol. The van der Waals surface area contributed by atoms with Crippen molar-refractivity contribution in [2.75, 3.05) is 18.8 Å². The van der Waals surface area contributed by atoms with E-state index in [4.69, 9.17) is 0 Å². The first-order valence-corrected chi connectivity index (χ1v) is 10.3. The van der Waals surface area contributed by atoms with E-state index in [2.05, 4.69) is 10.2 Å². The quantitative estimate of drug-likeness (QED) is 0.596. The van der Waals surface area contributed by atoms with Crippen molar-refractivity contribution in [1.82, 2.24) is 19.7 Å². The highest BCUT2D eigenvalue weighted by molar-refractivity contribution is 7.99. The van der Waals surface area contributed by atoms with Gasteiger partial charge in [-0.2, -0.15) is 0 Å². The third-order valence-corrected chi connectivity index (χ3v) is 5.69. The van der Waals surface area contributed by atoms with Crippen LogP contribution in [0.2, 0.25) is 0 Å². The summed E-state index contributed by atoms with van der Waals surface area (Å²) in [5.74, 6) is 0.916. The van der Waals surface area contributed by atoms with Crippen LogP contribution in [0.4, 0.5) is 4.39 Å². The monoisotopic (exact) mass is 396 g/mol. The summed E-state index contributed by atoms with van der Waals surface area (Å²) in [6.45, 7) is 1.67. The van der Waals surface area contributed by atoms with Crippen LogP contribution in [-0.4, -0.2) is 44.4 Å². The lowest BCUT2D eigenvalue weighted by molar-refractivity contribution is -0.127. The summed E-state index contributed by atoms with van der Waals surface area (Å²) in [7, 11) is 0. The molecule has 1 saturated heterocycles. The molecule has 3 aromatic rings. The molecule has 2 aromatic carbocycles. The fourth-order valence-corrected chi connectivity index (χ4v) is 4.19. The number of hydrogen-bond donors (Lipinski definition) is 0. The third-order valence-electron chi connectivity index (χ3n) is 4.77. The van der Waals surface area contributed by atoms with Crippen molar-refractivity contribution in [1.29, 1.82) is 0 Å². The van der Waals surface area contributed by atoms with Crippen molar-refractivity contribution in [2.45, 2.75) is 24.4 Å². The molecular formula is C21H21FN4OS. The van der Waals surface area contributed by atoms with Gasteiger partial charge >= 0.3 is 0 Å². The van der Waals surface area contributed by atoms with Crippen LogP contribution in [0, 0.1) is 5.82 Å². The van der Waals surface area contributed by atoms with Crippen LogP contribution >= 0.6 is 11.8 Å². The van der Waals surface area contributed by atoms with E-state index in [0.29, 0.717) is 17.3 Å². The van der Waals surface area contributed by atoms with Crippen LogP contribution in [-0.2, 0) is 11.2 Å². The highest BCUT2D eigenvalue weighted by atomic mass is 32.2. The van der Waals surface area contributed by atoms with Crippen LogP contribution in [0.15, 0.2) is 59.8 Å².